The van der Waals surface area contributed by atoms with Gasteiger partial charge in [-0.3, -0.25) is 4.90 Å². The van der Waals surface area contributed by atoms with Gasteiger partial charge < -0.3 is 5.73 Å². The summed E-state index contributed by atoms with van der Waals surface area (Å²) in [5.41, 5.74) is 6.14. The third kappa shape index (κ3) is 1.92. The minimum Gasteiger partial charge on any atom is -0.326 e. The predicted molar refractivity (Wildman–Crippen MR) is 68.5 cm³/mol. The molecule has 1 saturated carbocycles. The van der Waals surface area contributed by atoms with Crippen LogP contribution in [0.3, 0.4) is 0 Å². The molecule has 1 aliphatic carbocycles. The van der Waals surface area contributed by atoms with E-state index in [1.54, 1.807) is 4.88 Å². The molecule has 3 rings (SSSR count). The number of nitrogens with zero attached hydrogens (tertiary/aromatic N) is 1. The standard InChI is InChI=1S/C13H20N2S/c1-9-7-15(8-11(9)14)13(10-4-5-10)12-3-2-6-16-12/h2-3,6,9-11,13H,4-5,7-8,14H2,1H3. The average molecular weight is 236 g/mol. The van der Waals surface area contributed by atoms with Gasteiger partial charge in [-0.05, 0) is 36.1 Å². The molecule has 2 N–H and O–H groups in total. The lowest BCUT2D eigenvalue weighted by atomic mass is 10.1. The van der Waals surface area contributed by atoms with Crippen molar-refractivity contribution in [3.05, 3.63) is 22.4 Å². The van der Waals surface area contributed by atoms with Gasteiger partial charge in [0.25, 0.3) is 0 Å². The number of hydrogen-bond acceptors (Lipinski definition) is 3. The number of thiophene rings is 1. The van der Waals surface area contributed by atoms with Crippen LogP contribution < -0.4 is 5.73 Å². The molecule has 3 heteroatoms. The monoisotopic (exact) mass is 236 g/mol. The Morgan fingerprint density at radius 3 is 2.75 bits per heavy atom. The highest BCUT2D eigenvalue weighted by molar-refractivity contribution is 7.10. The van der Waals surface area contributed by atoms with Crippen LogP contribution in [0.4, 0.5) is 0 Å². The summed E-state index contributed by atoms with van der Waals surface area (Å²) in [7, 11) is 0. The van der Waals surface area contributed by atoms with Crippen LogP contribution in [0.1, 0.15) is 30.7 Å². The molecule has 88 valence electrons. The molecule has 0 spiro atoms. The minimum absolute atomic E-state index is 0.376. The molecule has 0 bridgehead atoms. The molecule has 2 aliphatic rings. The van der Waals surface area contributed by atoms with Crippen molar-refractivity contribution in [3.8, 4) is 0 Å². The van der Waals surface area contributed by atoms with E-state index in [1.165, 1.54) is 19.4 Å². The summed E-state index contributed by atoms with van der Waals surface area (Å²) >= 11 is 1.91. The summed E-state index contributed by atoms with van der Waals surface area (Å²) < 4.78 is 0. The fraction of sp³-hybridized carbons (Fsp3) is 0.692. The molecule has 1 aromatic heterocycles. The van der Waals surface area contributed by atoms with E-state index in [0.29, 0.717) is 18.0 Å². The van der Waals surface area contributed by atoms with Crippen LogP contribution in [0.25, 0.3) is 0 Å². The van der Waals surface area contributed by atoms with Crippen molar-refractivity contribution in [2.24, 2.45) is 17.6 Å². The maximum atomic E-state index is 6.14. The van der Waals surface area contributed by atoms with Crippen molar-refractivity contribution in [2.75, 3.05) is 13.1 Å². The van der Waals surface area contributed by atoms with E-state index in [0.717, 1.165) is 12.5 Å². The fourth-order valence-corrected chi connectivity index (χ4v) is 3.79. The smallest absolute Gasteiger partial charge is 0.0470 e. The van der Waals surface area contributed by atoms with Crippen LogP contribution in [-0.4, -0.2) is 24.0 Å². The zero-order valence-electron chi connectivity index (χ0n) is 9.80. The average Bonchev–Trinajstić information content (AvgIpc) is 2.82. The Bertz CT molecular complexity index is 335. The maximum absolute atomic E-state index is 6.14. The molecule has 2 heterocycles. The molecule has 2 nitrogen and oxygen atoms in total. The number of nitrogens with two attached hydrogens (primary N) is 1. The SMILES string of the molecule is CC1CN(C(c2cccs2)C2CC2)CC1N. The summed E-state index contributed by atoms with van der Waals surface area (Å²) in [6, 6.07) is 5.51. The molecule has 0 amide bonds. The lowest BCUT2D eigenvalue weighted by Crippen LogP contribution is -2.31. The Labute approximate surface area is 101 Å². The Kier molecular flexibility index (Phi) is 2.78. The zero-order valence-corrected chi connectivity index (χ0v) is 10.6. The van der Waals surface area contributed by atoms with Gasteiger partial charge in [-0.2, -0.15) is 0 Å². The number of rotatable bonds is 3. The molecule has 3 atom stereocenters. The Morgan fingerprint density at radius 2 is 2.25 bits per heavy atom. The predicted octanol–water partition coefficient (Wildman–Crippen LogP) is 2.48. The quantitative estimate of drug-likeness (QED) is 0.873. The normalized spacial score (nSPS) is 33.1. The van der Waals surface area contributed by atoms with Crippen molar-refractivity contribution in [2.45, 2.75) is 31.8 Å². The van der Waals surface area contributed by atoms with E-state index in [-0.39, 0.29) is 0 Å². The molecular weight excluding hydrogens is 216 g/mol. The van der Waals surface area contributed by atoms with E-state index in [9.17, 15) is 0 Å². The van der Waals surface area contributed by atoms with Gasteiger partial charge in [-0.1, -0.05) is 13.0 Å². The second kappa shape index (κ2) is 4.13. The highest BCUT2D eigenvalue weighted by atomic mass is 32.1. The van der Waals surface area contributed by atoms with Gasteiger partial charge in [0.1, 0.15) is 0 Å². The van der Waals surface area contributed by atoms with Crippen molar-refractivity contribution in [3.63, 3.8) is 0 Å². The topological polar surface area (TPSA) is 29.3 Å². The molecule has 0 radical (unpaired) electrons. The van der Waals surface area contributed by atoms with Gasteiger partial charge in [-0.25, -0.2) is 0 Å². The van der Waals surface area contributed by atoms with Crippen LogP contribution in [0.5, 0.6) is 0 Å². The van der Waals surface area contributed by atoms with E-state index in [1.807, 2.05) is 11.3 Å². The first kappa shape index (κ1) is 10.8. The Balaban J connectivity index is 1.79. The van der Waals surface area contributed by atoms with Crippen molar-refractivity contribution >= 4 is 11.3 Å². The summed E-state index contributed by atoms with van der Waals surface area (Å²) in [5.74, 6) is 1.55. The Hall–Kier alpha value is -0.380. The molecule has 1 aromatic rings. The van der Waals surface area contributed by atoms with Gasteiger partial charge in [0.05, 0.1) is 0 Å². The zero-order chi connectivity index (χ0) is 11.1. The van der Waals surface area contributed by atoms with Crippen molar-refractivity contribution in [1.82, 2.24) is 4.90 Å². The first-order chi connectivity index (χ1) is 7.75. The second-order valence-electron chi connectivity index (χ2n) is 5.39. The maximum Gasteiger partial charge on any atom is 0.0470 e. The summed E-state index contributed by atoms with van der Waals surface area (Å²) in [4.78, 5) is 4.17. The molecule has 1 saturated heterocycles. The lowest BCUT2D eigenvalue weighted by Gasteiger charge is -2.27. The molecule has 3 unspecified atom stereocenters. The fourth-order valence-electron chi connectivity index (χ4n) is 2.84. The van der Waals surface area contributed by atoms with Gasteiger partial charge >= 0.3 is 0 Å². The van der Waals surface area contributed by atoms with Gasteiger partial charge in [0.2, 0.25) is 0 Å². The molecule has 2 fully saturated rings. The largest absolute Gasteiger partial charge is 0.326 e. The van der Waals surface area contributed by atoms with Crippen LogP contribution in [0, 0.1) is 11.8 Å². The molecular formula is C13H20N2S. The van der Waals surface area contributed by atoms with E-state index >= 15 is 0 Å². The molecule has 0 aromatic carbocycles. The first-order valence-electron chi connectivity index (χ1n) is 6.28. The van der Waals surface area contributed by atoms with Gasteiger partial charge in [-0.15, -0.1) is 11.3 Å². The van der Waals surface area contributed by atoms with Crippen LogP contribution >= 0.6 is 11.3 Å². The van der Waals surface area contributed by atoms with Crippen LogP contribution in [0.15, 0.2) is 17.5 Å². The summed E-state index contributed by atoms with van der Waals surface area (Å²) in [5, 5.41) is 2.20. The van der Waals surface area contributed by atoms with E-state index < -0.39 is 0 Å². The lowest BCUT2D eigenvalue weighted by molar-refractivity contribution is 0.216. The van der Waals surface area contributed by atoms with E-state index in [4.69, 9.17) is 5.73 Å². The minimum atomic E-state index is 0.376. The summed E-state index contributed by atoms with van der Waals surface area (Å²) in [6.45, 7) is 4.55. The second-order valence-corrected chi connectivity index (χ2v) is 6.37. The molecule has 1 aliphatic heterocycles. The summed E-state index contributed by atoms with van der Waals surface area (Å²) in [6.07, 6.45) is 2.81. The number of hydrogen-bond donors (Lipinski definition) is 1. The van der Waals surface area contributed by atoms with Crippen LogP contribution in [0.2, 0.25) is 0 Å². The molecule has 16 heavy (non-hydrogen) atoms. The third-order valence-electron chi connectivity index (χ3n) is 4.00. The third-order valence-corrected chi connectivity index (χ3v) is 4.94. The Morgan fingerprint density at radius 1 is 1.44 bits per heavy atom. The van der Waals surface area contributed by atoms with Gasteiger partial charge in [0, 0.05) is 30.1 Å². The van der Waals surface area contributed by atoms with Crippen molar-refractivity contribution < 1.29 is 0 Å². The van der Waals surface area contributed by atoms with Gasteiger partial charge in [0.15, 0.2) is 0 Å². The van der Waals surface area contributed by atoms with Crippen LogP contribution in [-0.2, 0) is 0 Å². The van der Waals surface area contributed by atoms with Crippen molar-refractivity contribution in [1.29, 1.82) is 0 Å². The highest BCUT2D eigenvalue weighted by Gasteiger charge is 2.40. The first-order valence-corrected chi connectivity index (χ1v) is 7.16. The highest BCUT2D eigenvalue weighted by Crippen LogP contribution is 2.47. The van der Waals surface area contributed by atoms with E-state index in [2.05, 4.69) is 29.3 Å². The number of likely N-dealkylation sites (tertiary alicyclic amines) is 1.